The SMILES string of the molecule is COc1cccc(Cn2nccc2NC(=O)COc2ccc3ccccc3c2)c1OC. The van der Waals surface area contributed by atoms with Crippen LogP contribution in [0, 0.1) is 0 Å². The molecule has 1 N–H and O–H groups in total. The fraction of sp³-hybridized carbons (Fsp3) is 0.167. The van der Waals surface area contributed by atoms with E-state index in [2.05, 4.69) is 10.4 Å². The van der Waals surface area contributed by atoms with E-state index in [9.17, 15) is 4.79 Å². The Morgan fingerprint density at radius 3 is 2.61 bits per heavy atom. The Morgan fingerprint density at radius 1 is 0.968 bits per heavy atom. The summed E-state index contributed by atoms with van der Waals surface area (Å²) in [7, 11) is 3.19. The number of nitrogens with one attached hydrogen (secondary N) is 1. The van der Waals surface area contributed by atoms with E-state index in [1.807, 2.05) is 60.7 Å². The van der Waals surface area contributed by atoms with Crippen LogP contribution in [0.25, 0.3) is 10.8 Å². The number of hydrogen-bond donors (Lipinski definition) is 1. The molecule has 3 aromatic carbocycles. The first-order chi connectivity index (χ1) is 15.2. The molecule has 0 aliphatic heterocycles. The summed E-state index contributed by atoms with van der Waals surface area (Å²) in [6, 6.07) is 21.1. The number of nitrogens with zero attached hydrogens (tertiary/aromatic N) is 2. The van der Waals surface area contributed by atoms with Crippen LogP contribution in [0.1, 0.15) is 5.56 Å². The van der Waals surface area contributed by atoms with Gasteiger partial charge in [0.25, 0.3) is 5.91 Å². The molecule has 0 bridgehead atoms. The Labute approximate surface area is 180 Å². The fourth-order valence-electron chi connectivity index (χ4n) is 3.39. The van der Waals surface area contributed by atoms with Crippen LogP contribution in [0.2, 0.25) is 0 Å². The Kier molecular flexibility index (Phi) is 6.03. The number of benzene rings is 3. The summed E-state index contributed by atoms with van der Waals surface area (Å²) in [6.45, 7) is 0.306. The van der Waals surface area contributed by atoms with E-state index in [1.165, 1.54) is 0 Å². The van der Waals surface area contributed by atoms with Crippen LogP contribution in [-0.4, -0.2) is 36.5 Å². The average molecular weight is 417 g/mol. The second kappa shape index (κ2) is 9.21. The third kappa shape index (κ3) is 4.61. The van der Waals surface area contributed by atoms with Gasteiger partial charge in [-0.3, -0.25) is 4.79 Å². The molecular formula is C24H23N3O4. The third-order valence-corrected chi connectivity index (χ3v) is 4.88. The third-order valence-electron chi connectivity index (χ3n) is 4.88. The second-order valence-corrected chi connectivity index (χ2v) is 6.87. The first-order valence-corrected chi connectivity index (χ1v) is 9.81. The van der Waals surface area contributed by atoms with Gasteiger partial charge in [-0.25, -0.2) is 4.68 Å². The van der Waals surface area contributed by atoms with Gasteiger partial charge >= 0.3 is 0 Å². The summed E-state index contributed by atoms with van der Waals surface area (Å²) in [4.78, 5) is 12.5. The van der Waals surface area contributed by atoms with Crippen LogP contribution in [0.4, 0.5) is 5.82 Å². The van der Waals surface area contributed by atoms with Crippen molar-refractivity contribution in [2.45, 2.75) is 6.54 Å². The van der Waals surface area contributed by atoms with Crippen molar-refractivity contribution in [2.75, 3.05) is 26.1 Å². The van der Waals surface area contributed by atoms with Gasteiger partial charge in [-0.2, -0.15) is 5.10 Å². The lowest BCUT2D eigenvalue weighted by atomic mass is 10.1. The van der Waals surface area contributed by atoms with Crippen molar-refractivity contribution in [1.82, 2.24) is 9.78 Å². The molecule has 0 aliphatic rings. The molecule has 1 heterocycles. The highest BCUT2D eigenvalue weighted by Gasteiger charge is 2.13. The van der Waals surface area contributed by atoms with Gasteiger partial charge in [0.1, 0.15) is 11.6 Å². The monoisotopic (exact) mass is 417 g/mol. The Bertz CT molecular complexity index is 1200. The van der Waals surface area contributed by atoms with E-state index in [4.69, 9.17) is 14.2 Å². The number of methoxy groups -OCH3 is 2. The van der Waals surface area contributed by atoms with Gasteiger partial charge in [0.05, 0.1) is 27.0 Å². The van der Waals surface area contributed by atoms with Gasteiger partial charge in [-0.05, 0) is 29.0 Å². The summed E-state index contributed by atoms with van der Waals surface area (Å²) in [5, 5.41) is 9.34. The molecule has 7 nitrogen and oxygen atoms in total. The number of hydrogen-bond acceptors (Lipinski definition) is 5. The predicted octanol–water partition coefficient (Wildman–Crippen LogP) is 4.12. The number of fused-ring (bicyclic) bond motifs is 1. The number of anilines is 1. The maximum absolute atomic E-state index is 12.5. The van der Waals surface area contributed by atoms with Crippen LogP contribution in [0.5, 0.6) is 17.2 Å². The summed E-state index contributed by atoms with van der Waals surface area (Å²) in [6.07, 6.45) is 1.63. The van der Waals surface area contributed by atoms with E-state index in [-0.39, 0.29) is 12.5 Å². The molecule has 0 atom stereocenters. The van der Waals surface area contributed by atoms with Gasteiger partial charge in [-0.15, -0.1) is 0 Å². The molecule has 7 heteroatoms. The lowest BCUT2D eigenvalue weighted by Gasteiger charge is -2.14. The van der Waals surface area contributed by atoms with E-state index in [0.717, 1.165) is 16.3 Å². The minimum Gasteiger partial charge on any atom is -0.493 e. The van der Waals surface area contributed by atoms with Crippen LogP contribution < -0.4 is 19.5 Å². The fourth-order valence-corrected chi connectivity index (χ4v) is 3.39. The zero-order chi connectivity index (χ0) is 21.6. The van der Waals surface area contributed by atoms with Crippen molar-refractivity contribution < 1.29 is 19.0 Å². The normalized spacial score (nSPS) is 10.6. The maximum Gasteiger partial charge on any atom is 0.263 e. The number of carbonyl (C=O) groups is 1. The number of ether oxygens (including phenoxy) is 3. The van der Waals surface area contributed by atoms with E-state index < -0.39 is 0 Å². The topological polar surface area (TPSA) is 74.6 Å². The van der Waals surface area contributed by atoms with Gasteiger partial charge in [0, 0.05) is 11.6 Å². The van der Waals surface area contributed by atoms with Crippen molar-refractivity contribution in [3.8, 4) is 17.2 Å². The van der Waals surface area contributed by atoms with Crippen molar-refractivity contribution >= 4 is 22.5 Å². The molecule has 0 unspecified atom stereocenters. The van der Waals surface area contributed by atoms with Gasteiger partial charge in [0.2, 0.25) is 0 Å². The molecule has 0 fully saturated rings. The smallest absolute Gasteiger partial charge is 0.263 e. The molecule has 31 heavy (non-hydrogen) atoms. The summed E-state index contributed by atoms with van der Waals surface area (Å²) in [5.41, 5.74) is 0.883. The van der Waals surface area contributed by atoms with Crippen LogP contribution in [0.15, 0.2) is 72.9 Å². The lowest BCUT2D eigenvalue weighted by molar-refractivity contribution is -0.118. The average Bonchev–Trinajstić information content (AvgIpc) is 3.23. The highest BCUT2D eigenvalue weighted by molar-refractivity contribution is 5.91. The summed E-state index contributed by atoms with van der Waals surface area (Å²) in [5.74, 6) is 2.21. The van der Waals surface area contributed by atoms with Crippen molar-refractivity contribution in [3.05, 3.63) is 78.5 Å². The lowest BCUT2D eigenvalue weighted by Crippen LogP contribution is -2.22. The van der Waals surface area contributed by atoms with Crippen molar-refractivity contribution in [1.29, 1.82) is 0 Å². The molecule has 4 rings (SSSR count). The van der Waals surface area contributed by atoms with Crippen LogP contribution in [-0.2, 0) is 11.3 Å². The Morgan fingerprint density at radius 2 is 1.81 bits per heavy atom. The predicted molar refractivity (Wildman–Crippen MR) is 119 cm³/mol. The number of para-hydroxylation sites is 1. The maximum atomic E-state index is 12.5. The second-order valence-electron chi connectivity index (χ2n) is 6.87. The molecule has 0 saturated carbocycles. The molecule has 0 spiro atoms. The Balaban J connectivity index is 1.41. The van der Waals surface area contributed by atoms with E-state index in [0.29, 0.717) is 29.6 Å². The van der Waals surface area contributed by atoms with E-state index in [1.54, 1.807) is 31.2 Å². The zero-order valence-electron chi connectivity index (χ0n) is 17.4. The molecule has 1 amide bonds. The molecule has 0 saturated heterocycles. The molecule has 4 aromatic rings. The number of aromatic nitrogens is 2. The Hall–Kier alpha value is -4.00. The standard InChI is InChI=1S/C24H23N3O4/c1-29-21-9-5-8-19(24(21)30-2)15-27-22(12-13-25-27)26-23(28)16-31-20-11-10-17-6-3-4-7-18(17)14-20/h3-14H,15-16H2,1-2H3,(H,26,28). The molecule has 0 radical (unpaired) electrons. The molecule has 158 valence electrons. The van der Waals surface area contributed by atoms with Crippen molar-refractivity contribution in [3.63, 3.8) is 0 Å². The number of carbonyl (C=O) groups excluding carboxylic acids is 1. The molecule has 1 aromatic heterocycles. The minimum absolute atomic E-state index is 0.105. The first kappa shape index (κ1) is 20.3. The molecular weight excluding hydrogens is 394 g/mol. The van der Waals surface area contributed by atoms with E-state index >= 15 is 0 Å². The number of amides is 1. The minimum atomic E-state index is -0.271. The van der Waals surface area contributed by atoms with Crippen molar-refractivity contribution in [2.24, 2.45) is 0 Å². The summed E-state index contributed by atoms with van der Waals surface area (Å²) >= 11 is 0. The summed E-state index contributed by atoms with van der Waals surface area (Å²) < 4.78 is 18.2. The number of rotatable bonds is 8. The first-order valence-electron chi connectivity index (χ1n) is 9.81. The largest absolute Gasteiger partial charge is 0.493 e. The van der Waals surface area contributed by atoms with Crippen LogP contribution in [0.3, 0.4) is 0 Å². The van der Waals surface area contributed by atoms with Gasteiger partial charge in [0.15, 0.2) is 18.1 Å². The quantitative estimate of drug-likeness (QED) is 0.467. The molecule has 0 aliphatic carbocycles. The highest BCUT2D eigenvalue weighted by atomic mass is 16.5. The van der Waals surface area contributed by atoms with Gasteiger partial charge < -0.3 is 19.5 Å². The van der Waals surface area contributed by atoms with Gasteiger partial charge in [-0.1, -0.05) is 42.5 Å². The zero-order valence-corrected chi connectivity index (χ0v) is 17.4. The highest BCUT2D eigenvalue weighted by Crippen LogP contribution is 2.31. The van der Waals surface area contributed by atoms with Crippen LogP contribution >= 0.6 is 0 Å².